The van der Waals surface area contributed by atoms with E-state index in [1.165, 1.54) is 0 Å². The average Bonchev–Trinajstić information content (AvgIpc) is 2.47. The molecule has 1 aromatic heterocycles. The molecule has 0 radical (unpaired) electrons. The number of aromatic nitrogens is 2. The first-order valence-corrected chi connectivity index (χ1v) is 4.08. The van der Waals surface area contributed by atoms with Crippen molar-refractivity contribution in [3.8, 4) is 0 Å². The zero-order chi connectivity index (χ0) is 8.97. The Morgan fingerprint density at radius 3 is 2.92 bits per heavy atom. The number of nitrogens with zero attached hydrogens (tertiary/aromatic N) is 1. The molecule has 0 aliphatic heterocycles. The largest absolute Gasteiger partial charge is 0.396 e. The molecular weight excluding hydrogens is 154 g/mol. The normalized spacial score (nSPS) is 13.2. The van der Waals surface area contributed by atoms with Gasteiger partial charge in [-0.1, -0.05) is 0 Å². The van der Waals surface area contributed by atoms with Crippen molar-refractivity contribution in [3.05, 3.63) is 17.5 Å². The van der Waals surface area contributed by atoms with Gasteiger partial charge in [-0.05, 0) is 26.5 Å². The molecule has 1 unspecified atom stereocenters. The summed E-state index contributed by atoms with van der Waals surface area (Å²) in [5.74, 6) is 0. The lowest BCUT2D eigenvalue weighted by atomic mass is 10.1. The Bertz CT molecular complexity index is 234. The molecule has 68 valence electrons. The van der Waals surface area contributed by atoms with Gasteiger partial charge in [-0.2, -0.15) is 5.10 Å². The topological polar surface area (TPSA) is 60.9 Å². The molecule has 1 heterocycles. The van der Waals surface area contributed by atoms with Crippen LogP contribution in [0.1, 0.15) is 23.9 Å². The minimum absolute atomic E-state index is 0.153. The van der Waals surface area contributed by atoms with Gasteiger partial charge in [-0.25, -0.2) is 0 Å². The third kappa shape index (κ3) is 2.06. The molecule has 4 heteroatoms. The molecule has 0 aliphatic carbocycles. The molecule has 1 atom stereocenters. The number of hydrogen-bond donors (Lipinski definition) is 3. The standard InChI is InChI=1S/C8H15N3O/c1-6-5-8(11-10-6)7(9-2)3-4-12/h5,7,9,12H,3-4H2,1-2H3,(H,10,11). The van der Waals surface area contributed by atoms with E-state index in [0.717, 1.165) is 11.4 Å². The monoisotopic (exact) mass is 169 g/mol. The molecule has 0 aromatic carbocycles. The van der Waals surface area contributed by atoms with E-state index in [9.17, 15) is 0 Å². The molecule has 0 fully saturated rings. The van der Waals surface area contributed by atoms with Crippen LogP contribution in [0, 0.1) is 6.92 Å². The number of aliphatic hydroxyl groups excluding tert-OH is 1. The van der Waals surface area contributed by atoms with Crippen LogP contribution in [0.5, 0.6) is 0 Å². The molecule has 1 aromatic rings. The van der Waals surface area contributed by atoms with Crippen molar-refractivity contribution in [2.24, 2.45) is 0 Å². The predicted octanol–water partition coefficient (Wildman–Crippen LogP) is 0.361. The van der Waals surface area contributed by atoms with Crippen LogP contribution < -0.4 is 5.32 Å². The van der Waals surface area contributed by atoms with Crippen LogP contribution in [0.25, 0.3) is 0 Å². The minimum Gasteiger partial charge on any atom is -0.396 e. The van der Waals surface area contributed by atoms with Gasteiger partial charge in [-0.3, -0.25) is 5.10 Å². The Hall–Kier alpha value is -0.870. The summed E-state index contributed by atoms with van der Waals surface area (Å²) in [5, 5.41) is 18.8. The van der Waals surface area contributed by atoms with Crippen molar-refractivity contribution in [2.75, 3.05) is 13.7 Å². The third-order valence-electron chi connectivity index (χ3n) is 1.85. The lowest BCUT2D eigenvalue weighted by molar-refractivity contribution is 0.267. The molecule has 3 N–H and O–H groups in total. The highest BCUT2D eigenvalue weighted by Gasteiger charge is 2.10. The van der Waals surface area contributed by atoms with Crippen molar-refractivity contribution in [1.82, 2.24) is 15.5 Å². The van der Waals surface area contributed by atoms with Gasteiger partial charge >= 0.3 is 0 Å². The molecule has 0 saturated heterocycles. The highest BCUT2D eigenvalue weighted by Crippen LogP contribution is 2.13. The van der Waals surface area contributed by atoms with Gasteiger partial charge in [0.25, 0.3) is 0 Å². The fourth-order valence-corrected chi connectivity index (χ4v) is 1.19. The lowest BCUT2D eigenvalue weighted by Gasteiger charge is -2.10. The minimum atomic E-state index is 0.153. The zero-order valence-corrected chi connectivity index (χ0v) is 7.46. The molecule has 12 heavy (non-hydrogen) atoms. The SMILES string of the molecule is CNC(CCO)c1cc(C)[nH]n1. The second-order valence-corrected chi connectivity index (χ2v) is 2.83. The number of rotatable bonds is 4. The van der Waals surface area contributed by atoms with E-state index >= 15 is 0 Å². The number of aryl methyl sites for hydroxylation is 1. The zero-order valence-electron chi connectivity index (χ0n) is 7.46. The van der Waals surface area contributed by atoms with E-state index in [1.807, 2.05) is 20.0 Å². The average molecular weight is 169 g/mol. The summed E-state index contributed by atoms with van der Waals surface area (Å²) in [6.07, 6.45) is 0.695. The second-order valence-electron chi connectivity index (χ2n) is 2.83. The highest BCUT2D eigenvalue weighted by atomic mass is 16.3. The molecule has 0 bridgehead atoms. The maximum atomic E-state index is 8.76. The first-order chi connectivity index (χ1) is 5.77. The van der Waals surface area contributed by atoms with Crippen molar-refractivity contribution in [2.45, 2.75) is 19.4 Å². The number of hydrogen-bond acceptors (Lipinski definition) is 3. The number of H-pyrrole nitrogens is 1. The van der Waals surface area contributed by atoms with Crippen molar-refractivity contribution < 1.29 is 5.11 Å². The number of aromatic amines is 1. The van der Waals surface area contributed by atoms with Gasteiger partial charge < -0.3 is 10.4 Å². The summed E-state index contributed by atoms with van der Waals surface area (Å²) in [6, 6.07) is 2.14. The summed E-state index contributed by atoms with van der Waals surface area (Å²) in [6.45, 7) is 2.14. The Kier molecular flexibility index (Phi) is 3.25. The van der Waals surface area contributed by atoms with Crippen LogP contribution >= 0.6 is 0 Å². The summed E-state index contributed by atoms with van der Waals surface area (Å²) in [4.78, 5) is 0. The van der Waals surface area contributed by atoms with Gasteiger partial charge in [0.2, 0.25) is 0 Å². The van der Waals surface area contributed by atoms with E-state index in [4.69, 9.17) is 5.11 Å². The Morgan fingerprint density at radius 1 is 1.75 bits per heavy atom. The summed E-state index contributed by atoms with van der Waals surface area (Å²) < 4.78 is 0. The Labute approximate surface area is 72.0 Å². The van der Waals surface area contributed by atoms with Crippen molar-refractivity contribution in [1.29, 1.82) is 0 Å². The van der Waals surface area contributed by atoms with Gasteiger partial charge in [0.15, 0.2) is 0 Å². The Morgan fingerprint density at radius 2 is 2.50 bits per heavy atom. The molecule has 0 spiro atoms. The maximum absolute atomic E-state index is 8.76. The molecular formula is C8H15N3O. The van der Waals surface area contributed by atoms with Gasteiger partial charge in [0, 0.05) is 12.3 Å². The summed E-state index contributed by atoms with van der Waals surface area (Å²) in [7, 11) is 1.87. The maximum Gasteiger partial charge on any atom is 0.0795 e. The highest BCUT2D eigenvalue weighted by molar-refractivity contribution is 5.10. The molecule has 0 aliphatic rings. The van der Waals surface area contributed by atoms with E-state index in [0.29, 0.717) is 6.42 Å². The lowest BCUT2D eigenvalue weighted by Crippen LogP contribution is -2.17. The molecule has 0 amide bonds. The molecule has 0 saturated carbocycles. The van der Waals surface area contributed by atoms with Crippen LogP contribution in [-0.4, -0.2) is 29.0 Å². The van der Waals surface area contributed by atoms with Crippen molar-refractivity contribution in [3.63, 3.8) is 0 Å². The van der Waals surface area contributed by atoms with Crippen molar-refractivity contribution >= 4 is 0 Å². The van der Waals surface area contributed by atoms with Gasteiger partial charge in [0.1, 0.15) is 0 Å². The van der Waals surface area contributed by atoms with E-state index < -0.39 is 0 Å². The first kappa shape index (κ1) is 9.22. The van der Waals surface area contributed by atoms with Crippen LogP contribution in [0.2, 0.25) is 0 Å². The van der Waals surface area contributed by atoms with Crippen LogP contribution in [0.3, 0.4) is 0 Å². The van der Waals surface area contributed by atoms with E-state index in [-0.39, 0.29) is 12.6 Å². The van der Waals surface area contributed by atoms with E-state index in [1.54, 1.807) is 0 Å². The fraction of sp³-hybridized carbons (Fsp3) is 0.625. The summed E-state index contributed by atoms with van der Waals surface area (Å²) >= 11 is 0. The number of nitrogens with one attached hydrogen (secondary N) is 2. The smallest absolute Gasteiger partial charge is 0.0795 e. The fourth-order valence-electron chi connectivity index (χ4n) is 1.19. The summed E-state index contributed by atoms with van der Waals surface area (Å²) in [5.41, 5.74) is 2.01. The third-order valence-corrected chi connectivity index (χ3v) is 1.85. The van der Waals surface area contributed by atoms with Crippen LogP contribution in [0.15, 0.2) is 6.07 Å². The second kappa shape index (κ2) is 4.23. The number of aliphatic hydroxyl groups is 1. The predicted molar refractivity (Wildman–Crippen MR) is 46.8 cm³/mol. The molecule has 4 nitrogen and oxygen atoms in total. The van der Waals surface area contributed by atoms with Gasteiger partial charge in [-0.15, -0.1) is 0 Å². The van der Waals surface area contributed by atoms with E-state index in [2.05, 4.69) is 15.5 Å². The quantitative estimate of drug-likeness (QED) is 0.610. The Balaban J connectivity index is 2.66. The van der Waals surface area contributed by atoms with Crippen LogP contribution in [-0.2, 0) is 0 Å². The first-order valence-electron chi connectivity index (χ1n) is 4.08. The van der Waals surface area contributed by atoms with Gasteiger partial charge in [0.05, 0.1) is 11.7 Å². The molecule has 1 rings (SSSR count). The van der Waals surface area contributed by atoms with Crippen LogP contribution in [0.4, 0.5) is 0 Å².